The van der Waals surface area contributed by atoms with E-state index >= 15 is 0 Å². The Morgan fingerprint density at radius 2 is 1.90 bits per heavy atom. The minimum atomic E-state index is -0.671. The smallest absolute Gasteiger partial charge is 0.374 e. The Morgan fingerprint density at radius 1 is 1.10 bits per heavy atom. The van der Waals surface area contributed by atoms with Gasteiger partial charge in [-0.05, 0) is 43.3 Å². The number of benzene rings is 2. The summed E-state index contributed by atoms with van der Waals surface area (Å²) < 4.78 is 21.8. The number of amides is 1. The van der Waals surface area contributed by atoms with Gasteiger partial charge in [0.05, 0.1) is 19.3 Å². The molecule has 0 aliphatic carbocycles. The Morgan fingerprint density at radius 3 is 2.65 bits per heavy atom. The van der Waals surface area contributed by atoms with E-state index in [0.29, 0.717) is 27.8 Å². The van der Waals surface area contributed by atoms with Crippen LogP contribution in [-0.2, 0) is 20.9 Å². The highest BCUT2D eigenvalue weighted by Crippen LogP contribution is 2.30. The largest absolute Gasteiger partial charge is 0.497 e. The summed E-state index contributed by atoms with van der Waals surface area (Å²) in [4.78, 5) is 36.7. The van der Waals surface area contributed by atoms with Gasteiger partial charge in [0.1, 0.15) is 24.5 Å². The van der Waals surface area contributed by atoms with Gasteiger partial charge in [-0.3, -0.25) is 9.59 Å². The number of fused-ring (bicyclic) bond motifs is 1. The lowest BCUT2D eigenvalue weighted by molar-refractivity contribution is -0.143. The van der Waals surface area contributed by atoms with Crippen molar-refractivity contribution < 1.29 is 33.0 Å². The quantitative estimate of drug-likeness (QED) is 0.479. The van der Waals surface area contributed by atoms with Crippen molar-refractivity contribution in [2.24, 2.45) is 0 Å². The molecule has 1 aromatic heterocycles. The second-order valence-electron chi connectivity index (χ2n) is 6.35. The average Bonchev–Trinajstić information content (AvgIpc) is 3.14. The zero-order valence-electron chi connectivity index (χ0n) is 16.9. The number of furan rings is 1. The molecule has 3 aromatic rings. The van der Waals surface area contributed by atoms with Crippen LogP contribution < -0.4 is 10.1 Å². The molecule has 0 spiro atoms. The van der Waals surface area contributed by atoms with Gasteiger partial charge in [-0.25, -0.2) is 4.79 Å². The zero-order chi connectivity index (χ0) is 22.4. The number of carbonyl (C=O) groups excluding carboxylic acids is 3. The topological polar surface area (TPSA) is 104 Å². The van der Waals surface area contributed by atoms with Crippen molar-refractivity contribution in [1.29, 1.82) is 0 Å². The van der Waals surface area contributed by atoms with Crippen LogP contribution in [0.15, 0.2) is 51.4 Å². The lowest BCUT2D eigenvalue weighted by Gasteiger charge is -2.08. The van der Waals surface area contributed by atoms with E-state index in [2.05, 4.69) is 21.2 Å². The fourth-order valence-electron chi connectivity index (χ4n) is 2.85. The molecule has 0 aliphatic rings. The van der Waals surface area contributed by atoms with Crippen LogP contribution in [0.3, 0.4) is 0 Å². The summed E-state index contributed by atoms with van der Waals surface area (Å²) in [5, 5.41) is 3.11. The first-order chi connectivity index (χ1) is 14.9. The molecule has 1 N–H and O–H groups in total. The summed E-state index contributed by atoms with van der Waals surface area (Å²) in [6.45, 7) is 1.30. The number of esters is 2. The van der Waals surface area contributed by atoms with Gasteiger partial charge in [-0.2, -0.15) is 0 Å². The van der Waals surface area contributed by atoms with E-state index in [-0.39, 0.29) is 25.5 Å². The van der Waals surface area contributed by atoms with Crippen molar-refractivity contribution in [2.75, 3.05) is 20.3 Å². The lowest BCUT2D eigenvalue weighted by atomic mass is 10.1. The average molecular weight is 490 g/mol. The van der Waals surface area contributed by atoms with Crippen LogP contribution in [-0.4, -0.2) is 38.1 Å². The van der Waals surface area contributed by atoms with Crippen LogP contribution in [0.5, 0.6) is 5.75 Å². The monoisotopic (exact) mass is 489 g/mol. The molecule has 0 fully saturated rings. The number of carbonyl (C=O) groups is 3. The second-order valence-corrected chi connectivity index (χ2v) is 7.26. The van der Waals surface area contributed by atoms with Crippen molar-refractivity contribution in [2.45, 2.75) is 13.5 Å². The molecule has 0 radical (unpaired) electrons. The van der Waals surface area contributed by atoms with Crippen LogP contribution >= 0.6 is 15.9 Å². The molecule has 162 valence electrons. The van der Waals surface area contributed by atoms with Crippen LogP contribution in [0.2, 0.25) is 0 Å². The minimum Gasteiger partial charge on any atom is -0.497 e. The summed E-state index contributed by atoms with van der Waals surface area (Å²) in [5.74, 6) is -1.26. The maximum Gasteiger partial charge on any atom is 0.374 e. The first-order valence-corrected chi connectivity index (χ1v) is 10.2. The molecule has 3 rings (SSSR count). The first-order valence-electron chi connectivity index (χ1n) is 9.38. The number of nitrogens with one attached hydrogen (secondary N) is 1. The molecule has 8 nitrogen and oxygen atoms in total. The highest BCUT2D eigenvalue weighted by Gasteiger charge is 2.23. The fourth-order valence-corrected chi connectivity index (χ4v) is 3.21. The van der Waals surface area contributed by atoms with Gasteiger partial charge in [0.25, 0.3) is 5.91 Å². The number of ether oxygens (including phenoxy) is 3. The van der Waals surface area contributed by atoms with Crippen LogP contribution in [0.4, 0.5) is 0 Å². The third-order valence-corrected chi connectivity index (χ3v) is 4.81. The Balaban J connectivity index is 1.67. The number of halogens is 1. The molecular formula is C22H20BrNO7. The maximum absolute atomic E-state index is 12.3. The van der Waals surface area contributed by atoms with E-state index in [0.717, 1.165) is 4.47 Å². The van der Waals surface area contributed by atoms with Crippen LogP contribution in [0.1, 0.15) is 33.4 Å². The maximum atomic E-state index is 12.3. The number of hydrogen-bond acceptors (Lipinski definition) is 7. The SMILES string of the molecule is CCOC(=O)c1oc2ccc(Br)cc2c1COC(=O)CNC(=O)c1cccc(OC)c1. The van der Waals surface area contributed by atoms with Crippen molar-refractivity contribution in [3.63, 3.8) is 0 Å². The predicted molar refractivity (Wildman–Crippen MR) is 115 cm³/mol. The van der Waals surface area contributed by atoms with Gasteiger partial charge in [0.15, 0.2) is 0 Å². The summed E-state index contributed by atoms with van der Waals surface area (Å²) in [7, 11) is 1.50. The molecular weight excluding hydrogens is 470 g/mol. The van der Waals surface area contributed by atoms with E-state index in [1.54, 1.807) is 49.4 Å². The van der Waals surface area contributed by atoms with E-state index < -0.39 is 17.8 Å². The number of methoxy groups -OCH3 is 1. The Bertz CT molecular complexity index is 1120. The summed E-state index contributed by atoms with van der Waals surface area (Å²) >= 11 is 3.37. The van der Waals surface area contributed by atoms with Gasteiger partial charge >= 0.3 is 11.9 Å². The molecule has 1 heterocycles. The molecule has 0 bridgehead atoms. The highest BCUT2D eigenvalue weighted by molar-refractivity contribution is 9.10. The number of hydrogen-bond donors (Lipinski definition) is 1. The van der Waals surface area contributed by atoms with Gasteiger partial charge < -0.3 is 23.9 Å². The fraction of sp³-hybridized carbons (Fsp3) is 0.227. The first kappa shape index (κ1) is 22.4. The van der Waals surface area contributed by atoms with Gasteiger partial charge in [-0.15, -0.1) is 0 Å². The third kappa shape index (κ3) is 5.43. The van der Waals surface area contributed by atoms with E-state index in [1.165, 1.54) is 7.11 Å². The van der Waals surface area contributed by atoms with E-state index in [9.17, 15) is 14.4 Å². The highest BCUT2D eigenvalue weighted by atomic mass is 79.9. The lowest BCUT2D eigenvalue weighted by Crippen LogP contribution is -2.30. The van der Waals surface area contributed by atoms with Crippen molar-refractivity contribution in [3.05, 3.63) is 63.8 Å². The van der Waals surface area contributed by atoms with Gasteiger partial charge in [0.2, 0.25) is 5.76 Å². The van der Waals surface area contributed by atoms with Gasteiger partial charge in [0, 0.05) is 15.4 Å². The van der Waals surface area contributed by atoms with E-state index in [1.807, 2.05) is 0 Å². The normalized spacial score (nSPS) is 10.5. The molecule has 0 aliphatic heterocycles. The molecule has 0 saturated heterocycles. The zero-order valence-corrected chi connectivity index (χ0v) is 18.5. The standard InChI is InChI=1S/C22H20BrNO7/c1-3-29-22(27)20-17(16-10-14(23)7-8-18(16)31-20)12-30-19(25)11-24-21(26)13-5-4-6-15(9-13)28-2/h4-10H,3,11-12H2,1-2H3,(H,24,26). The van der Waals surface area contributed by atoms with Crippen molar-refractivity contribution in [1.82, 2.24) is 5.32 Å². The summed E-state index contributed by atoms with van der Waals surface area (Å²) in [6.07, 6.45) is 0. The van der Waals surface area contributed by atoms with Crippen LogP contribution in [0.25, 0.3) is 11.0 Å². The second kappa shape index (κ2) is 10.1. The van der Waals surface area contributed by atoms with Gasteiger partial charge in [-0.1, -0.05) is 22.0 Å². The van der Waals surface area contributed by atoms with E-state index in [4.69, 9.17) is 18.6 Å². The molecule has 0 unspecified atom stereocenters. The minimum absolute atomic E-state index is 0.0248. The molecule has 0 atom stereocenters. The third-order valence-electron chi connectivity index (χ3n) is 4.32. The van der Waals surface area contributed by atoms with Crippen molar-refractivity contribution >= 4 is 44.7 Å². The number of rotatable bonds is 8. The summed E-state index contributed by atoms with van der Waals surface area (Å²) in [6, 6.07) is 11.8. The Kier molecular flexibility index (Phi) is 7.30. The summed E-state index contributed by atoms with van der Waals surface area (Å²) in [5.41, 5.74) is 1.20. The predicted octanol–water partition coefficient (Wildman–Crippen LogP) is 3.85. The molecule has 0 saturated carbocycles. The Hall–Kier alpha value is -3.33. The van der Waals surface area contributed by atoms with Crippen LogP contribution in [0, 0.1) is 0 Å². The Labute approximate surface area is 186 Å². The molecule has 31 heavy (non-hydrogen) atoms. The van der Waals surface area contributed by atoms with Crippen molar-refractivity contribution in [3.8, 4) is 5.75 Å². The molecule has 9 heteroatoms. The molecule has 1 amide bonds. The molecule has 2 aromatic carbocycles.